The summed E-state index contributed by atoms with van der Waals surface area (Å²) in [5.74, 6) is 0.438. The Hall–Kier alpha value is -1.76. The molecular weight excluding hydrogens is 322 g/mol. The topological polar surface area (TPSA) is 82.7 Å². The number of hydrogen-bond donors (Lipinski definition) is 3. The van der Waals surface area contributed by atoms with Crippen LogP contribution in [0.5, 0.6) is 0 Å². The summed E-state index contributed by atoms with van der Waals surface area (Å²) in [5.41, 5.74) is 4.79. The zero-order chi connectivity index (χ0) is 17.6. The summed E-state index contributed by atoms with van der Waals surface area (Å²) < 4.78 is 0. The standard InChI is InChI=1S/C17H29N5OS/c1-4-19-16(20-12-17(2,3)15(18)23)21-13-7-9-22(10-8-13)14-6-5-11-24-14/h5-6,11,13H,4,7-10,12H2,1-3H3,(H2,18,23)(H2,19,20,21). The molecule has 2 rings (SSSR count). The molecule has 0 unspecified atom stereocenters. The highest BCUT2D eigenvalue weighted by atomic mass is 32.1. The first kappa shape index (κ1) is 18.6. The van der Waals surface area contributed by atoms with E-state index in [4.69, 9.17) is 5.73 Å². The zero-order valence-electron chi connectivity index (χ0n) is 14.8. The van der Waals surface area contributed by atoms with Crippen LogP contribution in [0.4, 0.5) is 5.00 Å². The fourth-order valence-corrected chi connectivity index (χ4v) is 3.35. The molecule has 0 radical (unpaired) electrons. The van der Waals surface area contributed by atoms with Crippen molar-refractivity contribution in [1.82, 2.24) is 10.6 Å². The Morgan fingerprint density at radius 1 is 1.46 bits per heavy atom. The van der Waals surface area contributed by atoms with E-state index in [1.54, 1.807) is 11.3 Å². The highest BCUT2D eigenvalue weighted by Crippen LogP contribution is 2.24. The molecule has 1 amide bonds. The molecule has 0 aromatic carbocycles. The van der Waals surface area contributed by atoms with Gasteiger partial charge in [0.15, 0.2) is 5.96 Å². The average molecular weight is 352 g/mol. The molecule has 7 heteroatoms. The minimum absolute atomic E-state index is 0.327. The third-order valence-corrected chi connectivity index (χ3v) is 5.23. The van der Waals surface area contributed by atoms with E-state index in [-0.39, 0.29) is 5.91 Å². The van der Waals surface area contributed by atoms with E-state index < -0.39 is 5.41 Å². The maximum absolute atomic E-state index is 11.4. The lowest BCUT2D eigenvalue weighted by molar-refractivity contribution is -0.125. The van der Waals surface area contributed by atoms with Gasteiger partial charge in [-0.1, -0.05) is 0 Å². The number of rotatable bonds is 6. The van der Waals surface area contributed by atoms with Crippen LogP contribution >= 0.6 is 11.3 Å². The van der Waals surface area contributed by atoms with Crippen molar-refractivity contribution in [1.29, 1.82) is 0 Å². The monoisotopic (exact) mass is 351 g/mol. The van der Waals surface area contributed by atoms with Crippen LogP contribution in [0.25, 0.3) is 0 Å². The number of guanidine groups is 1. The number of piperidine rings is 1. The van der Waals surface area contributed by atoms with Gasteiger partial charge in [0.25, 0.3) is 0 Å². The van der Waals surface area contributed by atoms with Gasteiger partial charge in [-0.2, -0.15) is 0 Å². The first-order valence-corrected chi connectivity index (χ1v) is 9.43. The Bertz CT molecular complexity index is 547. The molecule has 0 spiro atoms. The van der Waals surface area contributed by atoms with Crippen molar-refractivity contribution < 1.29 is 4.79 Å². The van der Waals surface area contributed by atoms with Crippen LogP contribution in [0.1, 0.15) is 33.6 Å². The van der Waals surface area contributed by atoms with Crippen LogP contribution < -0.4 is 21.3 Å². The number of carbonyl (C=O) groups excluding carboxylic acids is 1. The first-order chi connectivity index (χ1) is 11.4. The third kappa shape index (κ3) is 5.12. The van der Waals surface area contributed by atoms with Crippen molar-refractivity contribution in [3.05, 3.63) is 17.5 Å². The normalized spacial score (nSPS) is 17.0. The number of hydrogen-bond acceptors (Lipinski definition) is 4. The molecule has 4 N–H and O–H groups in total. The van der Waals surface area contributed by atoms with E-state index in [2.05, 4.69) is 38.0 Å². The van der Waals surface area contributed by atoms with Gasteiger partial charge in [0, 0.05) is 25.7 Å². The summed E-state index contributed by atoms with van der Waals surface area (Å²) in [6, 6.07) is 4.67. The largest absolute Gasteiger partial charge is 0.369 e. The Kier molecular flexibility index (Phi) is 6.48. The molecule has 1 aromatic rings. The first-order valence-electron chi connectivity index (χ1n) is 8.55. The summed E-state index contributed by atoms with van der Waals surface area (Å²) in [7, 11) is 0. The van der Waals surface area contributed by atoms with E-state index in [0.717, 1.165) is 38.4 Å². The lowest BCUT2D eigenvalue weighted by atomic mass is 9.93. The van der Waals surface area contributed by atoms with Crippen molar-refractivity contribution in [3.63, 3.8) is 0 Å². The fraction of sp³-hybridized carbons (Fsp3) is 0.647. The Balaban J connectivity index is 1.88. The van der Waals surface area contributed by atoms with Gasteiger partial charge in [-0.25, -0.2) is 0 Å². The zero-order valence-corrected chi connectivity index (χ0v) is 15.7. The molecular formula is C17H29N5OS. The van der Waals surface area contributed by atoms with Crippen LogP contribution in [0, 0.1) is 5.41 Å². The van der Waals surface area contributed by atoms with Crippen LogP contribution in [0.3, 0.4) is 0 Å². The predicted octanol–water partition coefficient (Wildman–Crippen LogP) is 1.78. The second-order valence-corrected chi connectivity index (χ2v) is 7.73. The van der Waals surface area contributed by atoms with Crippen molar-refractivity contribution in [2.45, 2.75) is 39.7 Å². The van der Waals surface area contributed by atoms with E-state index in [0.29, 0.717) is 12.6 Å². The Morgan fingerprint density at radius 2 is 2.17 bits per heavy atom. The van der Waals surface area contributed by atoms with E-state index in [1.807, 2.05) is 20.8 Å². The van der Waals surface area contributed by atoms with Gasteiger partial charge in [0.05, 0.1) is 17.0 Å². The second-order valence-electron chi connectivity index (χ2n) is 6.80. The molecule has 1 aliphatic heterocycles. The molecule has 1 fully saturated rings. The molecule has 0 bridgehead atoms. The van der Waals surface area contributed by atoms with E-state index in [1.165, 1.54) is 5.00 Å². The third-order valence-electron chi connectivity index (χ3n) is 4.30. The SMILES string of the molecule is CCNC(=NCC(C)(C)C(N)=O)NC1CCN(c2cccs2)CC1. The lowest BCUT2D eigenvalue weighted by Gasteiger charge is -2.33. The highest BCUT2D eigenvalue weighted by molar-refractivity contribution is 7.14. The molecule has 1 aliphatic rings. The van der Waals surface area contributed by atoms with Crippen LogP contribution in [0.15, 0.2) is 22.5 Å². The molecule has 1 saturated heterocycles. The Morgan fingerprint density at radius 3 is 2.71 bits per heavy atom. The number of amides is 1. The number of thiophene rings is 1. The number of nitrogens with zero attached hydrogens (tertiary/aromatic N) is 2. The van der Waals surface area contributed by atoms with Gasteiger partial charge in [0.2, 0.25) is 5.91 Å². The van der Waals surface area contributed by atoms with E-state index in [9.17, 15) is 4.79 Å². The van der Waals surface area contributed by atoms with E-state index >= 15 is 0 Å². The molecule has 0 atom stereocenters. The predicted molar refractivity (Wildman–Crippen MR) is 102 cm³/mol. The maximum Gasteiger partial charge on any atom is 0.224 e. The highest BCUT2D eigenvalue weighted by Gasteiger charge is 2.25. The summed E-state index contributed by atoms with van der Waals surface area (Å²) in [5, 5.41) is 10.2. The van der Waals surface area contributed by atoms with Crippen molar-refractivity contribution in [3.8, 4) is 0 Å². The maximum atomic E-state index is 11.4. The van der Waals surface area contributed by atoms with Crippen molar-refractivity contribution in [2.75, 3.05) is 31.1 Å². The summed E-state index contributed by atoms with van der Waals surface area (Å²) in [6.07, 6.45) is 2.14. The van der Waals surface area contributed by atoms with Gasteiger partial charge in [0.1, 0.15) is 0 Å². The van der Waals surface area contributed by atoms with Crippen LogP contribution in [0.2, 0.25) is 0 Å². The Labute approximate surface area is 148 Å². The van der Waals surface area contributed by atoms with Crippen molar-refractivity contribution in [2.24, 2.45) is 16.1 Å². The second kappa shape index (κ2) is 8.37. The molecule has 1 aromatic heterocycles. The number of nitrogens with two attached hydrogens (primary N) is 1. The summed E-state index contributed by atoms with van der Waals surface area (Å²) in [4.78, 5) is 18.4. The van der Waals surface area contributed by atoms with Gasteiger partial charge >= 0.3 is 0 Å². The van der Waals surface area contributed by atoms with Gasteiger partial charge in [-0.3, -0.25) is 9.79 Å². The number of carbonyl (C=O) groups is 1. The minimum Gasteiger partial charge on any atom is -0.369 e. The summed E-state index contributed by atoms with van der Waals surface area (Å²) in [6.45, 7) is 8.94. The van der Waals surface area contributed by atoms with Crippen LogP contribution in [-0.2, 0) is 4.79 Å². The molecule has 0 saturated carbocycles. The number of aliphatic imine (C=N–C) groups is 1. The van der Waals surface area contributed by atoms with Crippen LogP contribution in [-0.4, -0.2) is 44.1 Å². The molecule has 134 valence electrons. The number of primary amides is 1. The molecule has 24 heavy (non-hydrogen) atoms. The number of anilines is 1. The number of nitrogens with one attached hydrogen (secondary N) is 2. The molecule has 6 nitrogen and oxygen atoms in total. The van der Waals surface area contributed by atoms with Crippen molar-refractivity contribution >= 4 is 28.2 Å². The van der Waals surface area contributed by atoms with Gasteiger partial charge < -0.3 is 21.3 Å². The summed E-state index contributed by atoms with van der Waals surface area (Å²) >= 11 is 1.79. The fourth-order valence-electron chi connectivity index (χ4n) is 2.56. The average Bonchev–Trinajstić information content (AvgIpc) is 3.08. The molecule has 0 aliphatic carbocycles. The molecule has 2 heterocycles. The van der Waals surface area contributed by atoms with Gasteiger partial charge in [-0.15, -0.1) is 11.3 Å². The quantitative estimate of drug-likeness (QED) is 0.539. The minimum atomic E-state index is -0.634. The van der Waals surface area contributed by atoms with Gasteiger partial charge in [-0.05, 0) is 51.1 Å². The smallest absolute Gasteiger partial charge is 0.224 e. The lowest BCUT2D eigenvalue weighted by Crippen LogP contribution is -2.49.